The van der Waals surface area contributed by atoms with Gasteiger partial charge in [-0.1, -0.05) is 0 Å². The van der Waals surface area contributed by atoms with Crippen LogP contribution in [-0.4, -0.2) is 29.7 Å². The van der Waals surface area contributed by atoms with Crippen molar-refractivity contribution in [2.24, 2.45) is 0 Å². The predicted molar refractivity (Wildman–Crippen MR) is 77.2 cm³/mol. The van der Waals surface area contributed by atoms with E-state index in [-0.39, 0.29) is 22.4 Å². The fraction of sp³-hybridized carbons (Fsp3) is 0.0625. The monoisotopic (exact) mass is 316 g/mol. The normalized spacial score (nSPS) is 13.3. The van der Waals surface area contributed by atoms with Crippen LogP contribution in [0.2, 0.25) is 0 Å². The number of carbonyl (C=O) groups excluding carboxylic acids is 3. The van der Waals surface area contributed by atoms with E-state index in [9.17, 15) is 23.2 Å². The second-order valence-corrected chi connectivity index (χ2v) is 5.01. The quantitative estimate of drug-likeness (QED) is 0.865. The first-order chi connectivity index (χ1) is 10.9. The number of fused-ring (bicyclic) bond motifs is 1. The third-order valence-electron chi connectivity index (χ3n) is 3.53. The molecular weight excluding hydrogens is 306 g/mol. The summed E-state index contributed by atoms with van der Waals surface area (Å²) in [7, 11) is 1.37. The van der Waals surface area contributed by atoms with Gasteiger partial charge in [-0.3, -0.25) is 19.3 Å². The van der Waals surface area contributed by atoms with Crippen molar-refractivity contribution in [3.8, 4) is 0 Å². The predicted octanol–water partition coefficient (Wildman–Crippen LogP) is 2.44. The molecule has 0 bridgehead atoms. The maximum absolute atomic E-state index is 13.2. The molecule has 23 heavy (non-hydrogen) atoms. The minimum Gasteiger partial charge on any atom is -0.322 e. The maximum Gasteiger partial charge on any atom is 0.261 e. The average Bonchev–Trinajstić information content (AvgIpc) is 2.74. The van der Waals surface area contributed by atoms with E-state index in [4.69, 9.17) is 0 Å². The minimum atomic E-state index is -1.13. The second kappa shape index (κ2) is 5.28. The molecule has 0 fully saturated rings. The van der Waals surface area contributed by atoms with Crippen molar-refractivity contribution in [1.29, 1.82) is 0 Å². The van der Waals surface area contributed by atoms with Crippen molar-refractivity contribution in [2.75, 3.05) is 12.4 Å². The molecule has 2 aromatic carbocycles. The highest BCUT2D eigenvalue weighted by Crippen LogP contribution is 2.25. The van der Waals surface area contributed by atoms with Gasteiger partial charge in [0.05, 0.1) is 11.1 Å². The smallest absolute Gasteiger partial charge is 0.261 e. The molecule has 1 aliphatic rings. The van der Waals surface area contributed by atoms with E-state index >= 15 is 0 Å². The fourth-order valence-corrected chi connectivity index (χ4v) is 2.28. The number of halogens is 2. The van der Waals surface area contributed by atoms with Crippen molar-refractivity contribution < 1.29 is 23.2 Å². The molecule has 1 N–H and O–H groups in total. The highest BCUT2D eigenvalue weighted by Gasteiger charge is 2.32. The Morgan fingerprint density at radius 2 is 1.65 bits per heavy atom. The number of anilines is 1. The Bertz CT molecular complexity index is 864. The molecule has 3 rings (SSSR count). The highest BCUT2D eigenvalue weighted by molar-refractivity contribution is 6.21. The molecule has 3 amide bonds. The van der Waals surface area contributed by atoms with Gasteiger partial charge in [-0.05, 0) is 36.4 Å². The lowest BCUT2D eigenvalue weighted by atomic mass is 10.1. The maximum atomic E-state index is 13.2. The van der Waals surface area contributed by atoms with Crippen molar-refractivity contribution in [3.63, 3.8) is 0 Å². The fourth-order valence-electron chi connectivity index (χ4n) is 2.28. The Balaban J connectivity index is 1.87. The van der Waals surface area contributed by atoms with E-state index in [2.05, 4.69) is 5.32 Å². The molecule has 0 saturated carbocycles. The largest absolute Gasteiger partial charge is 0.322 e. The lowest BCUT2D eigenvalue weighted by Crippen LogP contribution is -2.24. The van der Waals surface area contributed by atoms with Crippen LogP contribution in [0.4, 0.5) is 14.5 Å². The zero-order valence-electron chi connectivity index (χ0n) is 11.9. The zero-order chi connectivity index (χ0) is 16.7. The number of imide groups is 1. The summed E-state index contributed by atoms with van der Waals surface area (Å²) in [6, 6.07) is 7.03. The third-order valence-corrected chi connectivity index (χ3v) is 3.53. The van der Waals surface area contributed by atoms with Crippen LogP contribution >= 0.6 is 0 Å². The molecule has 0 aliphatic carbocycles. The average molecular weight is 316 g/mol. The number of hydrogen-bond acceptors (Lipinski definition) is 3. The standard InChI is InChI=1S/C16H10F2N2O3/c1-20-15(22)10-4-3-9(7-11(10)16(20)23)19-14(21)8-2-5-12(17)13(18)6-8/h2-7H,1H3,(H,19,21). The molecular formula is C16H10F2N2O3. The first-order valence-corrected chi connectivity index (χ1v) is 6.61. The molecule has 7 heteroatoms. The molecule has 0 saturated heterocycles. The van der Waals surface area contributed by atoms with Gasteiger partial charge in [-0.25, -0.2) is 8.78 Å². The number of benzene rings is 2. The molecule has 2 aromatic rings. The summed E-state index contributed by atoms with van der Waals surface area (Å²) < 4.78 is 26.0. The van der Waals surface area contributed by atoms with E-state index in [1.165, 1.54) is 25.2 Å². The third kappa shape index (κ3) is 2.46. The lowest BCUT2D eigenvalue weighted by molar-refractivity contribution is 0.0692. The van der Waals surface area contributed by atoms with Crippen LogP contribution in [0.1, 0.15) is 31.1 Å². The van der Waals surface area contributed by atoms with Crippen molar-refractivity contribution in [1.82, 2.24) is 4.90 Å². The van der Waals surface area contributed by atoms with Crippen molar-refractivity contribution in [3.05, 3.63) is 64.7 Å². The number of nitrogens with one attached hydrogen (secondary N) is 1. The van der Waals surface area contributed by atoms with Gasteiger partial charge in [0.25, 0.3) is 17.7 Å². The van der Waals surface area contributed by atoms with E-state index < -0.39 is 29.4 Å². The first-order valence-electron chi connectivity index (χ1n) is 6.61. The van der Waals surface area contributed by atoms with Gasteiger partial charge in [0.15, 0.2) is 11.6 Å². The molecule has 116 valence electrons. The minimum absolute atomic E-state index is 0.0658. The van der Waals surface area contributed by atoms with E-state index in [0.717, 1.165) is 23.1 Å². The Labute approximate surface area is 129 Å². The number of carbonyl (C=O) groups is 3. The highest BCUT2D eigenvalue weighted by atomic mass is 19.2. The number of nitrogens with zero attached hydrogens (tertiary/aromatic N) is 1. The molecule has 0 atom stereocenters. The van der Waals surface area contributed by atoms with Gasteiger partial charge >= 0.3 is 0 Å². The Hall–Kier alpha value is -3.09. The van der Waals surface area contributed by atoms with Crippen LogP contribution < -0.4 is 5.32 Å². The number of amides is 3. The Morgan fingerprint density at radius 1 is 0.957 bits per heavy atom. The van der Waals surface area contributed by atoms with Crippen LogP contribution in [0, 0.1) is 11.6 Å². The lowest BCUT2D eigenvalue weighted by Gasteiger charge is -2.06. The topological polar surface area (TPSA) is 66.5 Å². The van der Waals surface area contributed by atoms with E-state index in [1.54, 1.807) is 0 Å². The van der Waals surface area contributed by atoms with Gasteiger partial charge < -0.3 is 5.32 Å². The summed E-state index contributed by atoms with van der Waals surface area (Å²) in [5, 5.41) is 2.47. The molecule has 1 aliphatic heterocycles. The van der Waals surface area contributed by atoms with Crippen LogP contribution in [0.15, 0.2) is 36.4 Å². The van der Waals surface area contributed by atoms with E-state index in [0.29, 0.717) is 0 Å². The SMILES string of the molecule is CN1C(=O)c2ccc(NC(=O)c3ccc(F)c(F)c3)cc2C1=O. The molecule has 0 radical (unpaired) electrons. The molecule has 0 unspecified atom stereocenters. The molecule has 0 spiro atoms. The Kier molecular flexibility index (Phi) is 3.40. The van der Waals surface area contributed by atoms with E-state index in [1.807, 2.05) is 0 Å². The number of hydrogen-bond donors (Lipinski definition) is 1. The van der Waals surface area contributed by atoms with Crippen LogP contribution in [0.3, 0.4) is 0 Å². The second-order valence-electron chi connectivity index (χ2n) is 5.01. The first kappa shape index (κ1) is 14.8. The Morgan fingerprint density at radius 3 is 2.35 bits per heavy atom. The summed E-state index contributed by atoms with van der Waals surface area (Å²) in [6.45, 7) is 0. The molecule has 1 heterocycles. The van der Waals surface area contributed by atoms with Gasteiger partial charge in [0.1, 0.15) is 0 Å². The van der Waals surface area contributed by atoms with Gasteiger partial charge in [0.2, 0.25) is 0 Å². The number of rotatable bonds is 2. The van der Waals surface area contributed by atoms with Crippen molar-refractivity contribution in [2.45, 2.75) is 0 Å². The summed E-state index contributed by atoms with van der Waals surface area (Å²) in [5.41, 5.74) is 0.641. The van der Waals surface area contributed by atoms with Crippen LogP contribution in [0.5, 0.6) is 0 Å². The van der Waals surface area contributed by atoms with Crippen molar-refractivity contribution >= 4 is 23.4 Å². The zero-order valence-corrected chi connectivity index (χ0v) is 11.9. The summed E-state index contributed by atoms with van der Waals surface area (Å²) in [6.07, 6.45) is 0. The summed E-state index contributed by atoms with van der Waals surface area (Å²) >= 11 is 0. The molecule has 5 nitrogen and oxygen atoms in total. The summed E-state index contributed by atoms with van der Waals surface area (Å²) in [4.78, 5) is 36.7. The van der Waals surface area contributed by atoms with Gasteiger partial charge in [0, 0.05) is 18.3 Å². The van der Waals surface area contributed by atoms with Crippen LogP contribution in [0.25, 0.3) is 0 Å². The molecule has 0 aromatic heterocycles. The van der Waals surface area contributed by atoms with Crippen LogP contribution in [-0.2, 0) is 0 Å². The van der Waals surface area contributed by atoms with Gasteiger partial charge in [-0.2, -0.15) is 0 Å². The summed E-state index contributed by atoms with van der Waals surface area (Å²) in [5.74, 6) is -3.72. The van der Waals surface area contributed by atoms with Gasteiger partial charge in [-0.15, -0.1) is 0 Å².